The van der Waals surface area contributed by atoms with E-state index in [4.69, 9.17) is 9.15 Å². The number of benzene rings is 1. The highest BCUT2D eigenvalue weighted by atomic mass is 32.2. The second kappa shape index (κ2) is 9.78. The van der Waals surface area contributed by atoms with Crippen molar-refractivity contribution in [2.24, 2.45) is 0 Å². The Labute approximate surface area is 161 Å². The fourth-order valence-electron chi connectivity index (χ4n) is 2.56. The van der Waals surface area contributed by atoms with Gasteiger partial charge in [-0.15, -0.1) is 23.1 Å². The number of thioether (sulfide) groups is 1. The summed E-state index contributed by atoms with van der Waals surface area (Å²) in [6.07, 6.45) is 0. The van der Waals surface area contributed by atoms with Crippen molar-refractivity contribution < 1.29 is 13.9 Å². The fraction of sp³-hybridized carbons (Fsp3) is 0.316. The third-order valence-corrected chi connectivity index (χ3v) is 5.99. The summed E-state index contributed by atoms with van der Waals surface area (Å²) in [4.78, 5) is 12.6. The molecule has 2 aromatic heterocycles. The summed E-state index contributed by atoms with van der Waals surface area (Å²) in [5, 5.41) is 9.19. The van der Waals surface area contributed by atoms with Crippen molar-refractivity contribution in [3.05, 3.63) is 53.1 Å². The molecular weight excluding hydrogens is 368 g/mol. The minimum absolute atomic E-state index is 0.170. The Morgan fingerprint density at radius 2 is 2.08 bits per heavy atom. The molecule has 26 heavy (non-hydrogen) atoms. The van der Waals surface area contributed by atoms with Crippen LogP contribution >= 0.6 is 23.1 Å². The number of hydrogen-bond donors (Lipinski definition) is 2. The Bertz CT molecular complexity index is 831. The molecule has 0 unspecified atom stereocenters. The number of nitrogens with one attached hydrogen (secondary N) is 2. The molecule has 3 aromatic rings. The van der Waals surface area contributed by atoms with Gasteiger partial charge in [0.15, 0.2) is 5.76 Å². The number of rotatable bonds is 10. The Hall–Kier alpha value is -1.80. The lowest BCUT2D eigenvalue weighted by molar-refractivity contribution is 0.0927. The Balaban J connectivity index is 1.67. The summed E-state index contributed by atoms with van der Waals surface area (Å²) in [6, 6.07) is 11.9. The maximum absolute atomic E-state index is 12.6. The number of thiophene rings is 1. The number of carbonyl (C=O) groups excluding carboxylic acids is 1. The highest BCUT2D eigenvalue weighted by molar-refractivity contribution is 8.00. The van der Waals surface area contributed by atoms with Crippen molar-refractivity contribution in [1.82, 2.24) is 10.6 Å². The Morgan fingerprint density at radius 3 is 2.88 bits per heavy atom. The Kier molecular flexibility index (Phi) is 7.13. The van der Waals surface area contributed by atoms with Gasteiger partial charge in [-0.1, -0.05) is 24.3 Å². The van der Waals surface area contributed by atoms with Gasteiger partial charge in [0, 0.05) is 43.4 Å². The van der Waals surface area contributed by atoms with Gasteiger partial charge >= 0.3 is 0 Å². The molecular formula is C19H22N2O3S2. The van der Waals surface area contributed by atoms with Gasteiger partial charge < -0.3 is 19.8 Å². The van der Waals surface area contributed by atoms with Crippen LogP contribution in [0.1, 0.15) is 16.1 Å². The van der Waals surface area contributed by atoms with Gasteiger partial charge in [-0.25, -0.2) is 0 Å². The maximum atomic E-state index is 12.6. The molecule has 0 spiro atoms. The van der Waals surface area contributed by atoms with Crippen molar-refractivity contribution in [3.8, 4) is 0 Å². The molecule has 1 amide bonds. The van der Waals surface area contributed by atoms with E-state index >= 15 is 0 Å². The lowest BCUT2D eigenvalue weighted by Gasteiger charge is -2.06. The van der Waals surface area contributed by atoms with Gasteiger partial charge in [-0.3, -0.25) is 4.79 Å². The third-order valence-electron chi connectivity index (χ3n) is 3.83. The molecule has 1 aromatic carbocycles. The summed E-state index contributed by atoms with van der Waals surface area (Å²) in [5.41, 5.74) is 1.70. The average Bonchev–Trinajstić information content (AvgIpc) is 3.30. The van der Waals surface area contributed by atoms with Crippen LogP contribution in [0.3, 0.4) is 0 Å². The summed E-state index contributed by atoms with van der Waals surface area (Å²) >= 11 is 3.42. The third kappa shape index (κ3) is 4.88. The minimum atomic E-state index is -0.170. The number of hydrogen-bond acceptors (Lipinski definition) is 6. The molecule has 2 N–H and O–H groups in total. The fourth-order valence-corrected chi connectivity index (χ4v) is 4.37. The summed E-state index contributed by atoms with van der Waals surface area (Å²) in [5.74, 6) is 0.940. The van der Waals surface area contributed by atoms with E-state index in [-0.39, 0.29) is 5.91 Å². The number of furan rings is 1. The molecule has 5 nitrogen and oxygen atoms in total. The minimum Gasteiger partial charge on any atom is -0.451 e. The van der Waals surface area contributed by atoms with Gasteiger partial charge in [-0.05, 0) is 17.5 Å². The summed E-state index contributed by atoms with van der Waals surface area (Å²) in [7, 11) is 1.67. The number of carbonyl (C=O) groups is 1. The van der Waals surface area contributed by atoms with Crippen LogP contribution in [0.15, 0.2) is 50.4 Å². The number of fused-ring (bicyclic) bond motifs is 1. The van der Waals surface area contributed by atoms with Crippen LogP contribution < -0.4 is 10.6 Å². The van der Waals surface area contributed by atoms with Crippen LogP contribution in [0.25, 0.3) is 11.0 Å². The van der Waals surface area contributed by atoms with Crippen LogP contribution in [0.5, 0.6) is 0 Å². The molecule has 0 aliphatic carbocycles. The van der Waals surface area contributed by atoms with E-state index in [2.05, 4.69) is 22.1 Å². The summed E-state index contributed by atoms with van der Waals surface area (Å²) < 4.78 is 12.1. The Morgan fingerprint density at radius 1 is 1.19 bits per heavy atom. The van der Waals surface area contributed by atoms with E-state index in [0.29, 0.717) is 31.2 Å². The molecule has 0 bridgehead atoms. The first-order valence-corrected chi connectivity index (χ1v) is 10.3. The molecule has 3 rings (SSSR count). The highest BCUT2D eigenvalue weighted by Crippen LogP contribution is 2.33. The average molecular weight is 391 g/mol. The van der Waals surface area contributed by atoms with Crippen molar-refractivity contribution in [2.75, 3.05) is 33.4 Å². The molecule has 138 valence electrons. The second-order valence-corrected chi connectivity index (χ2v) is 7.85. The highest BCUT2D eigenvalue weighted by Gasteiger charge is 2.20. The van der Waals surface area contributed by atoms with Gasteiger partial charge in [0.2, 0.25) is 0 Å². The SMILES string of the molecule is COCCNCCNC(=O)c1oc2ccccc2c1CSc1cccs1. The predicted molar refractivity (Wildman–Crippen MR) is 107 cm³/mol. The molecule has 2 heterocycles. The normalized spacial score (nSPS) is 11.1. The van der Waals surface area contributed by atoms with E-state index in [9.17, 15) is 4.79 Å². The van der Waals surface area contributed by atoms with E-state index in [1.165, 1.54) is 4.21 Å². The number of ether oxygens (including phenoxy) is 1. The van der Waals surface area contributed by atoms with Gasteiger partial charge in [-0.2, -0.15) is 0 Å². The first-order valence-electron chi connectivity index (χ1n) is 8.44. The van der Waals surface area contributed by atoms with Crippen LogP contribution in [0.2, 0.25) is 0 Å². The van der Waals surface area contributed by atoms with Gasteiger partial charge in [0.05, 0.1) is 10.8 Å². The second-order valence-electron chi connectivity index (χ2n) is 5.63. The maximum Gasteiger partial charge on any atom is 0.287 e. The van der Waals surface area contributed by atoms with Crippen molar-refractivity contribution >= 4 is 40.0 Å². The quantitative estimate of drug-likeness (QED) is 0.408. The van der Waals surface area contributed by atoms with E-state index < -0.39 is 0 Å². The first kappa shape index (κ1) is 19.0. The number of amides is 1. The van der Waals surface area contributed by atoms with Crippen molar-refractivity contribution in [2.45, 2.75) is 9.96 Å². The van der Waals surface area contributed by atoms with Crippen LogP contribution in [0.4, 0.5) is 0 Å². The zero-order chi connectivity index (χ0) is 18.2. The van der Waals surface area contributed by atoms with E-state index in [1.54, 1.807) is 30.2 Å². The van der Waals surface area contributed by atoms with Gasteiger partial charge in [0.1, 0.15) is 5.58 Å². The molecule has 0 radical (unpaired) electrons. The molecule has 0 saturated carbocycles. The first-order chi connectivity index (χ1) is 12.8. The zero-order valence-corrected chi connectivity index (χ0v) is 16.3. The van der Waals surface area contributed by atoms with Crippen LogP contribution in [-0.2, 0) is 10.5 Å². The molecule has 0 saturated heterocycles. The van der Waals surface area contributed by atoms with Crippen molar-refractivity contribution in [3.63, 3.8) is 0 Å². The topological polar surface area (TPSA) is 63.5 Å². The predicted octanol–water partition coefficient (Wildman–Crippen LogP) is 3.75. The molecule has 0 fully saturated rings. The van der Waals surface area contributed by atoms with Gasteiger partial charge in [0.25, 0.3) is 5.91 Å². The molecule has 0 aliphatic rings. The summed E-state index contributed by atoms with van der Waals surface area (Å²) in [6.45, 7) is 2.65. The lowest BCUT2D eigenvalue weighted by atomic mass is 10.1. The standard InChI is InChI=1S/C19H22N2O3S2/c1-23-11-10-20-8-9-21-19(22)18-15(13-26-17-7-4-12-25-17)14-5-2-3-6-16(14)24-18/h2-7,12,20H,8-11,13H2,1H3,(H,21,22). The van der Waals surface area contributed by atoms with Crippen LogP contribution in [-0.4, -0.2) is 39.3 Å². The number of methoxy groups -OCH3 is 1. The van der Waals surface area contributed by atoms with Crippen LogP contribution in [0, 0.1) is 0 Å². The molecule has 0 atom stereocenters. The largest absolute Gasteiger partial charge is 0.451 e. The monoisotopic (exact) mass is 390 g/mol. The molecule has 0 aliphatic heterocycles. The molecule has 7 heteroatoms. The number of para-hydroxylation sites is 1. The van der Waals surface area contributed by atoms with E-state index in [1.807, 2.05) is 30.3 Å². The smallest absolute Gasteiger partial charge is 0.287 e. The zero-order valence-electron chi connectivity index (χ0n) is 14.6. The lowest BCUT2D eigenvalue weighted by Crippen LogP contribution is -2.33. The van der Waals surface area contributed by atoms with E-state index in [0.717, 1.165) is 23.1 Å². The van der Waals surface area contributed by atoms with Crippen molar-refractivity contribution in [1.29, 1.82) is 0 Å².